The van der Waals surface area contributed by atoms with Crippen LogP contribution in [0.5, 0.6) is 0 Å². The van der Waals surface area contributed by atoms with Gasteiger partial charge >= 0.3 is 6.03 Å². The molecule has 2 aromatic heterocycles. The summed E-state index contributed by atoms with van der Waals surface area (Å²) in [6.45, 7) is 4.54. The molecule has 1 aliphatic rings. The molecule has 118 valence electrons. The molecular formula is C16H22N4OS. The van der Waals surface area contributed by atoms with Gasteiger partial charge in [-0.3, -0.25) is 0 Å². The van der Waals surface area contributed by atoms with Crippen LogP contribution in [0.25, 0.3) is 0 Å². The van der Waals surface area contributed by atoms with Gasteiger partial charge in [-0.1, -0.05) is 6.92 Å². The summed E-state index contributed by atoms with van der Waals surface area (Å²) < 4.78 is 2.03. The van der Waals surface area contributed by atoms with Crippen molar-refractivity contribution in [2.75, 3.05) is 13.1 Å². The zero-order chi connectivity index (χ0) is 15.4. The number of nitrogens with zero attached hydrogens (tertiary/aromatic N) is 3. The molecule has 1 N–H and O–H groups in total. The highest BCUT2D eigenvalue weighted by atomic mass is 32.1. The minimum atomic E-state index is 0.0642. The molecule has 0 radical (unpaired) electrons. The molecule has 0 saturated carbocycles. The minimum absolute atomic E-state index is 0.0642. The van der Waals surface area contributed by atoms with Crippen LogP contribution < -0.4 is 5.32 Å². The van der Waals surface area contributed by atoms with Gasteiger partial charge in [-0.2, -0.15) is 0 Å². The summed E-state index contributed by atoms with van der Waals surface area (Å²) in [7, 11) is 0. The van der Waals surface area contributed by atoms with Crippen LogP contribution in [0.4, 0.5) is 4.79 Å². The lowest BCUT2D eigenvalue weighted by Crippen LogP contribution is -2.45. The fraction of sp³-hybridized carbons (Fsp3) is 0.500. The van der Waals surface area contributed by atoms with Crippen molar-refractivity contribution in [1.29, 1.82) is 0 Å². The molecule has 6 heteroatoms. The maximum absolute atomic E-state index is 12.5. The summed E-state index contributed by atoms with van der Waals surface area (Å²) >= 11 is 1.81. The van der Waals surface area contributed by atoms with Crippen molar-refractivity contribution < 1.29 is 4.79 Å². The maximum atomic E-state index is 12.5. The number of rotatable bonds is 5. The highest BCUT2D eigenvalue weighted by Crippen LogP contribution is 2.34. The number of aromatic nitrogens is 2. The second-order valence-electron chi connectivity index (χ2n) is 5.55. The van der Waals surface area contributed by atoms with Gasteiger partial charge in [0.15, 0.2) is 0 Å². The third kappa shape index (κ3) is 3.16. The molecule has 22 heavy (non-hydrogen) atoms. The van der Waals surface area contributed by atoms with Crippen molar-refractivity contribution in [3.63, 3.8) is 0 Å². The van der Waals surface area contributed by atoms with Crippen molar-refractivity contribution >= 4 is 17.4 Å². The molecule has 1 atom stereocenters. The van der Waals surface area contributed by atoms with Crippen LogP contribution in [0, 0.1) is 0 Å². The predicted molar refractivity (Wildman–Crippen MR) is 88.0 cm³/mol. The zero-order valence-electron chi connectivity index (χ0n) is 12.9. The van der Waals surface area contributed by atoms with Crippen LogP contribution in [-0.4, -0.2) is 33.6 Å². The average molecular weight is 318 g/mol. The second-order valence-corrected chi connectivity index (χ2v) is 6.55. The summed E-state index contributed by atoms with van der Waals surface area (Å²) in [6.07, 6.45) is 8.38. The SMILES string of the molecule is CCC1c2ccsc2CCN1C(=O)NCCCn1ccnc1. The number of carbonyl (C=O) groups excluding carboxylic acids is 1. The number of carbonyl (C=O) groups is 1. The normalized spacial score (nSPS) is 17.3. The zero-order valence-corrected chi connectivity index (χ0v) is 13.7. The third-order valence-electron chi connectivity index (χ3n) is 4.17. The van der Waals surface area contributed by atoms with E-state index in [0.29, 0.717) is 6.54 Å². The predicted octanol–water partition coefficient (Wildman–Crippen LogP) is 3.05. The molecule has 3 rings (SSSR count). The Morgan fingerprint density at radius 1 is 1.55 bits per heavy atom. The molecule has 2 amide bonds. The Labute approximate surface area is 135 Å². The standard InChI is InChI=1S/C16H22N4OS/c1-2-14-13-5-11-22-15(13)4-9-20(14)16(21)18-6-3-8-19-10-7-17-12-19/h5,7,10-12,14H,2-4,6,8-9H2,1H3,(H,18,21). The number of hydrogen-bond donors (Lipinski definition) is 1. The van der Waals surface area contributed by atoms with E-state index in [0.717, 1.165) is 32.4 Å². The molecular weight excluding hydrogens is 296 g/mol. The Bertz CT molecular complexity index is 607. The number of urea groups is 1. The summed E-state index contributed by atoms with van der Waals surface area (Å²) in [5.74, 6) is 0. The van der Waals surface area contributed by atoms with Gasteiger partial charge in [0.05, 0.1) is 12.4 Å². The van der Waals surface area contributed by atoms with E-state index in [4.69, 9.17) is 0 Å². The topological polar surface area (TPSA) is 50.2 Å². The Morgan fingerprint density at radius 3 is 3.23 bits per heavy atom. The number of fused-ring (bicyclic) bond motifs is 1. The molecule has 0 aromatic carbocycles. The largest absolute Gasteiger partial charge is 0.338 e. The second kappa shape index (κ2) is 6.96. The van der Waals surface area contributed by atoms with Crippen LogP contribution in [0.2, 0.25) is 0 Å². The maximum Gasteiger partial charge on any atom is 0.317 e. The summed E-state index contributed by atoms with van der Waals surface area (Å²) in [5.41, 5.74) is 1.34. The molecule has 3 heterocycles. The molecule has 2 aromatic rings. The Kier molecular flexibility index (Phi) is 4.77. The van der Waals surface area contributed by atoms with Crippen LogP contribution >= 0.6 is 11.3 Å². The molecule has 0 spiro atoms. The molecule has 1 aliphatic heterocycles. The first-order valence-corrected chi connectivity index (χ1v) is 8.74. The number of amides is 2. The lowest BCUT2D eigenvalue weighted by molar-refractivity contribution is 0.167. The molecule has 0 bridgehead atoms. The van der Waals surface area contributed by atoms with Crippen LogP contribution in [0.3, 0.4) is 0 Å². The van der Waals surface area contributed by atoms with E-state index in [-0.39, 0.29) is 12.1 Å². The minimum Gasteiger partial charge on any atom is -0.338 e. The lowest BCUT2D eigenvalue weighted by Gasteiger charge is -2.35. The molecule has 1 unspecified atom stereocenters. The number of thiophene rings is 1. The first-order valence-electron chi connectivity index (χ1n) is 7.86. The van der Waals surface area contributed by atoms with Crippen LogP contribution in [0.1, 0.15) is 36.2 Å². The summed E-state index contributed by atoms with van der Waals surface area (Å²) in [6, 6.07) is 2.46. The first kappa shape index (κ1) is 15.1. The van der Waals surface area contributed by atoms with Gasteiger partial charge in [0, 0.05) is 36.9 Å². The monoisotopic (exact) mass is 318 g/mol. The van der Waals surface area contributed by atoms with Crippen molar-refractivity contribution in [3.8, 4) is 0 Å². The number of aryl methyl sites for hydroxylation is 1. The Hall–Kier alpha value is -1.82. The van der Waals surface area contributed by atoms with Crippen molar-refractivity contribution in [2.24, 2.45) is 0 Å². The van der Waals surface area contributed by atoms with E-state index in [1.54, 1.807) is 12.5 Å². The van der Waals surface area contributed by atoms with Gasteiger partial charge in [-0.15, -0.1) is 11.3 Å². The quantitative estimate of drug-likeness (QED) is 0.862. The van der Waals surface area contributed by atoms with Crippen LogP contribution in [0.15, 0.2) is 30.2 Å². The van der Waals surface area contributed by atoms with E-state index < -0.39 is 0 Å². The van der Waals surface area contributed by atoms with Crippen LogP contribution in [-0.2, 0) is 13.0 Å². The van der Waals surface area contributed by atoms with Gasteiger partial charge < -0.3 is 14.8 Å². The Balaban J connectivity index is 1.51. The van der Waals surface area contributed by atoms with E-state index in [1.165, 1.54) is 10.4 Å². The molecule has 0 saturated heterocycles. The fourth-order valence-corrected chi connectivity index (χ4v) is 3.99. The van der Waals surface area contributed by atoms with Crippen molar-refractivity contribution in [2.45, 2.75) is 38.8 Å². The third-order valence-corrected chi connectivity index (χ3v) is 5.17. The average Bonchev–Trinajstić information content (AvgIpc) is 3.21. The number of imidazole rings is 1. The highest BCUT2D eigenvalue weighted by Gasteiger charge is 2.29. The van der Waals surface area contributed by atoms with Gasteiger partial charge in [0.2, 0.25) is 0 Å². The number of nitrogens with one attached hydrogen (secondary N) is 1. The van der Waals surface area contributed by atoms with Crippen molar-refractivity contribution in [3.05, 3.63) is 40.6 Å². The van der Waals surface area contributed by atoms with E-state index in [1.807, 2.05) is 27.0 Å². The van der Waals surface area contributed by atoms with Gasteiger partial charge in [0.1, 0.15) is 0 Å². The van der Waals surface area contributed by atoms with E-state index >= 15 is 0 Å². The fourth-order valence-electron chi connectivity index (χ4n) is 3.06. The molecule has 0 aliphatic carbocycles. The summed E-state index contributed by atoms with van der Waals surface area (Å²) in [5, 5.41) is 5.20. The first-order chi connectivity index (χ1) is 10.8. The van der Waals surface area contributed by atoms with Gasteiger partial charge in [-0.05, 0) is 36.3 Å². The molecule has 0 fully saturated rings. The van der Waals surface area contributed by atoms with Gasteiger partial charge in [0.25, 0.3) is 0 Å². The Morgan fingerprint density at radius 2 is 2.45 bits per heavy atom. The molecule has 5 nitrogen and oxygen atoms in total. The van der Waals surface area contributed by atoms with Gasteiger partial charge in [-0.25, -0.2) is 9.78 Å². The van der Waals surface area contributed by atoms with E-state index in [2.05, 4.69) is 28.7 Å². The lowest BCUT2D eigenvalue weighted by atomic mass is 9.98. The highest BCUT2D eigenvalue weighted by molar-refractivity contribution is 7.10. The number of hydrogen-bond acceptors (Lipinski definition) is 3. The summed E-state index contributed by atoms with van der Waals surface area (Å²) in [4.78, 5) is 19.9. The van der Waals surface area contributed by atoms with Crippen molar-refractivity contribution in [1.82, 2.24) is 19.8 Å². The van der Waals surface area contributed by atoms with E-state index in [9.17, 15) is 4.79 Å². The smallest absolute Gasteiger partial charge is 0.317 e.